The van der Waals surface area contributed by atoms with Gasteiger partial charge in [0.1, 0.15) is 11.9 Å². The number of hydrogen-bond donors (Lipinski definition) is 1. The molecule has 1 fully saturated rings. The minimum absolute atomic E-state index is 0.138. The molecular weight excluding hydrogens is 243 g/mol. The van der Waals surface area contributed by atoms with Crippen LogP contribution in [0.5, 0.6) is 0 Å². The van der Waals surface area contributed by atoms with E-state index in [1.807, 2.05) is 30.3 Å². The highest BCUT2D eigenvalue weighted by Crippen LogP contribution is 2.37. The summed E-state index contributed by atoms with van der Waals surface area (Å²) in [5.74, 6) is -0.460. The summed E-state index contributed by atoms with van der Waals surface area (Å²) < 4.78 is 12.9. The molecule has 2 aromatic carbocycles. The predicted molar refractivity (Wildman–Crippen MR) is 71.0 cm³/mol. The molecule has 2 aromatic rings. The second kappa shape index (κ2) is 4.48. The Kier molecular flexibility index (Phi) is 2.80. The number of β-lactam (4-membered cyclic amide) rings is 1. The number of carbonyl (C=O) groups is 1. The van der Waals surface area contributed by atoms with Gasteiger partial charge >= 0.3 is 0 Å². The van der Waals surface area contributed by atoms with E-state index in [-0.39, 0.29) is 17.8 Å². The summed E-state index contributed by atoms with van der Waals surface area (Å²) in [5, 5.41) is 0. The number of amides is 1. The molecule has 0 radical (unpaired) electrons. The van der Waals surface area contributed by atoms with Gasteiger partial charge in [0, 0.05) is 5.69 Å². The Hall–Kier alpha value is -2.20. The maximum atomic E-state index is 12.9. The number of halogens is 1. The number of nitrogens with two attached hydrogens (primary N) is 1. The van der Waals surface area contributed by atoms with Crippen molar-refractivity contribution in [3.8, 4) is 0 Å². The molecule has 96 valence electrons. The minimum Gasteiger partial charge on any atom is -0.318 e. The topological polar surface area (TPSA) is 46.3 Å². The second-order valence-electron chi connectivity index (χ2n) is 4.57. The largest absolute Gasteiger partial charge is 0.318 e. The Bertz CT molecular complexity index is 597. The van der Waals surface area contributed by atoms with Crippen LogP contribution >= 0.6 is 0 Å². The standard InChI is InChI=1S/C15H13FN2O/c16-11-6-8-12(9-7-11)18-14(13(17)15(18)19)10-4-2-1-3-5-10/h1-9,13-14H,17H2/t13-,14-/m1/s1. The monoisotopic (exact) mass is 256 g/mol. The van der Waals surface area contributed by atoms with Crippen molar-refractivity contribution < 1.29 is 9.18 Å². The lowest BCUT2D eigenvalue weighted by Gasteiger charge is -2.45. The molecule has 0 spiro atoms. The van der Waals surface area contributed by atoms with Crippen molar-refractivity contribution in [2.45, 2.75) is 12.1 Å². The molecule has 2 N–H and O–H groups in total. The zero-order valence-electron chi connectivity index (χ0n) is 10.2. The predicted octanol–water partition coefficient (Wildman–Crippen LogP) is 2.24. The molecular formula is C15H13FN2O. The zero-order chi connectivity index (χ0) is 13.4. The van der Waals surface area contributed by atoms with Crippen LogP contribution in [0.4, 0.5) is 10.1 Å². The first-order valence-electron chi connectivity index (χ1n) is 6.07. The van der Waals surface area contributed by atoms with E-state index in [1.54, 1.807) is 17.0 Å². The lowest BCUT2D eigenvalue weighted by atomic mass is 9.88. The summed E-state index contributed by atoms with van der Waals surface area (Å²) in [5.41, 5.74) is 7.54. The Morgan fingerprint density at radius 1 is 1.00 bits per heavy atom. The number of anilines is 1. The zero-order valence-corrected chi connectivity index (χ0v) is 10.2. The fourth-order valence-electron chi connectivity index (χ4n) is 2.41. The number of benzene rings is 2. The van der Waals surface area contributed by atoms with Crippen LogP contribution in [-0.4, -0.2) is 11.9 Å². The smallest absolute Gasteiger partial charge is 0.247 e. The Labute approximate surface area is 110 Å². The third kappa shape index (κ3) is 1.90. The van der Waals surface area contributed by atoms with Crippen molar-refractivity contribution >= 4 is 11.6 Å². The van der Waals surface area contributed by atoms with Crippen LogP contribution in [0.25, 0.3) is 0 Å². The molecule has 1 saturated heterocycles. The molecule has 0 aliphatic carbocycles. The Morgan fingerprint density at radius 3 is 2.26 bits per heavy atom. The van der Waals surface area contributed by atoms with Crippen molar-refractivity contribution in [3.05, 3.63) is 66.0 Å². The highest BCUT2D eigenvalue weighted by Gasteiger charge is 2.46. The number of carbonyl (C=O) groups excluding carboxylic acids is 1. The van der Waals surface area contributed by atoms with Gasteiger partial charge in [-0.25, -0.2) is 4.39 Å². The van der Waals surface area contributed by atoms with Crippen LogP contribution in [0.15, 0.2) is 54.6 Å². The SMILES string of the molecule is N[C@H]1C(=O)N(c2ccc(F)cc2)[C@@H]1c1ccccc1. The molecule has 1 aliphatic heterocycles. The van der Waals surface area contributed by atoms with Gasteiger partial charge in [-0.2, -0.15) is 0 Å². The lowest BCUT2D eigenvalue weighted by Crippen LogP contribution is -2.63. The molecule has 0 bridgehead atoms. The number of nitrogens with zero attached hydrogens (tertiary/aromatic N) is 1. The quantitative estimate of drug-likeness (QED) is 0.838. The first kappa shape index (κ1) is 11.9. The van der Waals surface area contributed by atoms with Gasteiger partial charge in [0.05, 0.1) is 6.04 Å². The Balaban J connectivity index is 1.96. The van der Waals surface area contributed by atoms with E-state index in [4.69, 9.17) is 5.73 Å². The van der Waals surface area contributed by atoms with Crippen LogP contribution < -0.4 is 10.6 Å². The average Bonchev–Trinajstić information content (AvgIpc) is 2.46. The molecule has 1 amide bonds. The third-order valence-electron chi connectivity index (χ3n) is 3.39. The van der Waals surface area contributed by atoms with Gasteiger partial charge in [-0.15, -0.1) is 0 Å². The van der Waals surface area contributed by atoms with Crippen LogP contribution in [0.1, 0.15) is 11.6 Å². The minimum atomic E-state index is -0.535. The number of hydrogen-bond acceptors (Lipinski definition) is 2. The second-order valence-corrected chi connectivity index (χ2v) is 4.57. The van der Waals surface area contributed by atoms with Crippen molar-refractivity contribution in [1.29, 1.82) is 0 Å². The summed E-state index contributed by atoms with van der Waals surface area (Å²) in [4.78, 5) is 13.5. The fourth-order valence-corrected chi connectivity index (χ4v) is 2.41. The fraction of sp³-hybridized carbons (Fsp3) is 0.133. The van der Waals surface area contributed by atoms with E-state index in [2.05, 4.69) is 0 Å². The molecule has 2 atom stereocenters. The summed E-state index contributed by atoms with van der Waals surface area (Å²) >= 11 is 0. The average molecular weight is 256 g/mol. The maximum absolute atomic E-state index is 12.9. The van der Waals surface area contributed by atoms with E-state index in [0.29, 0.717) is 5.69 Å². The highest BCUT2D eigenvalue weighted by atomic mass is 19.1. The molecule has 0 saturated carbocycles. The van der Waals surface area contributed by atoms with Gasteiger partial charge in [-0.3, -0.25) is 4.79 Å². The molecule has 19 heavy (non-hydrogen) atoms. The highest BCUT2D eigenvalue weighted by molar-refractivity contribution is 6.05. The first-order valence-corrected chi connectivity index (χ1v) is 6.07. The van der Waals surface area contributed by atoms with Crippen LogP contribution in [0.3, 0.4) is 0 Å². The molecule has 4 heteroatoms. The van der Waals surface area contributed by atoms with Gasteiger partial charge < -0.3 is 10.6 Å². The van der Waals surface area contributed by atoms with Crippen LogP contribution in [0.2, 0.25) is 0 Å². The Morgan fingerprint density at radius 2 is 1.63 bits per heavy atom. The van der Waals surface area contributed by atoms with Crippen molar-refractivity contribution in [2.75, 3.05) is 4.90 Å². The number of rotatable bonds is 2. The molecule has 3 rings (SSSR count). The summed E-state index contributed by atoms with van der Waals surface area (Å²) in [6, 6.07) is 14.8. The molecule has 0 aromatic heterocycles. The van der Waals surface area contributed by atoms with E-state index in [1.165, 1.54) is 12.1 Å². The summed E-state index contributed by atoms with van der Waals surface area (Å²) in [6.07, 6.45) is 0. The van der Waals surface area contributed by atoms with Gasteiger partial charge in [-0.05, 0) is 29.8 Å². The lowest BCUT2D eigenvalue weighted by molar-refractivity contribution is -0.126. The summed E-state index contributed by atoms with van der Waals surface area (Å²) in [7, 11) is 0. The normalized spacial score (nSPS) is 22.2. The van der Waals surface area contributed by atoms with Gasteiger partial charge in [0.15, 0.2) is 0 Å². The van der Waals surface area contributed by atoms with E-state index in [9.17, 15) is 9.18 Å². The maximum Gasteiger partial charge on any atom is 0.247 e. The summed E-state index contributed by atoms with van der Waals surface area (Å²) in [6.45, 7) is 0. The molecule has 0 unspecified atom stereocenters. The van der Waals surface area contributed by atoms with Gasteiger partial charge in [-0.1, -0.05) is 30.3 Å². The van der Waals surface area contributed by atoms with Crippen LogP contribution in [-0.2, 0) is 4.79 Å². The van der Waals surface area contributed by atoms with Crippen molar-refractivity contribution in [3.63, 3.8) is 0 Å². The van der Waals surface area contributed by atoms with Gasteiger partial charge in [0.25, 0.3) is 0 Å². The molecule has 1 heterocycles. The van der Waals surface area contributed by atoms with Crippen molar-refractivity contribution in [2.24, 2.45) is 5.73 Å². The van der Waals surface area contributed by atoms with E-state index in [0.717, 1.165) is 5.56 Å². The van der Waals surface area contributed by atoms with Gasteiger partial charge in [0.2, 0.25) is 5.91 Å². The third-order valence-corrected chi connectivity index (χ3v) is 3.39. The molecule has 3 nitrogen and oxygen atoms in total. The first-order chi connectivity index (χ1) is 9.18. The molecule has 1 aliphatic rings. The van der Waals surface area contributed by atoms with E-state index >= 15 is 0 Å². The van der Waals surface area contributed by atoms with Crippen molar-refractivity contribution in [1.82, 2.24) is 0 Å². The van der Waals surface area contributed by atoms with E-state index < -0.39 is 6.04 Å². The van der Waals surface area contributed by atoms with Crippen LogP contribution in [0, 0.1) is 5.82 Å².